The van der Waals surface area contributed by atoms with E-state index in [4.69, 9.17) is 25.4 Å². The third-order valence-electron chi connectivity index (χ3n) is 7.56. The highest BCUT2D eigenvalue weighted by molar-refractivity contribution is 6.07. The molecule has 190 valence electrons. The molecular formula is C26H40N8O. The van der Waals surface area contributed by atoms with E-state index in [1.807, 2.05) is 20.0 Å². The molecule has 2 atom stereocenters. The van der Waals surface area contributed by atoms with Crippen molar-refractivity contribution >= 4 is 23.3 Å². The lowest BCUT2D eigenvalue weighted by atomic mass is 9.88. The Labute approximate surface area is 209 Å². The Morgan fingerprint density at radius 2 is 1.97 bits per heavy atom. The van der Waals surface area contributed by atoms with E-state index in [-0.39, 0.29) is 12.1 Å². The van der Waals surface area contributed by atoms with Gasteiger partial charge in [-0.15, -0.1) is 0 Å². The van der Waals surface area contributed by atoms with Gasteiger partial charge in [0.25, 0.3) is 0 Å². The van der Waals surface area contributed by atoms with Gasteiger partial charge in [0, 0.05) is 37.4 Å². The number of rotatable bonds is 4. The monoisotopic (exact) mass is 480 g/mol. The van der Waals surface area contributed by atoms with Gasteiger partial charge >= 0.3 is 0 Å². The van der Waals surface area contributed by atoms with Crippen LogP contribution in [0, 0.1) is 5.92 Å². The molecule has 0 bridgehead atoms. The number of pyridine rings is 1. The van der Waals surface area contributed by atoms with E-state index in [9.17, 15) is 0 Å². The number of fused-ring (bicyclic) bond motifs is 3. The summed E-state index contributed by atoms with van der Waals surface area (Å²) in [6.45, 7) is 11.5. The summed E-state index contributed by atoms with van der Waals surface area (Å²) in [5.74, 6) is 4.80. The largest absolute Gasteiger partial charge is 0.491 e. The SMILES string of the molecule is CC(N)=NC(=NC(C)C)C1CN2CCOc3cc(N4CCCC4C4CCN(C)CC4)ncc3C2=N1. The molecule has 2 unspecified atom stereocenters. The maximum Gasteiger partial charge on any atom is 0.152 e. The highest BCUT2D eigenvalue weighted by Gasteiger charge is 2.36. The van der Waals surface area contributed by atoms with E-state index in [1.165, 1.54) is 38.8 Å². The van der Waals surface area contributed by atoms with Crippen LogP contribution in [-0.4, -0.2) is 96.8 Å². The van der Waals surface area contributed by atoms with Crippen molar-refractivity contribution in [1.82, 2.24) is 14.8 Å². The van der Waals surface area contributed by atoms with Crippen molar-refractivity contribution in [2.24, 2.45) is 26.6 Å². The second kappa shape index (κ2) is 10.1. The van der Waals surface area contributed by atoms with Gasteiger partial charge in [-0.25, -0.2) is 9.98 Å². The molecule has 35 heavy (non-hydrogen) atoms. The molecule has 5 heterocycles. The Hall–Kier alpha value is -2.68. The van der Waals surface area contributed by atoms with Crippen LogP contribution in [-0.2, 0) is 0 Å². The van der Waals surface area contributed by atoms with Gasteiger partial charge in [-0.05, 0) is 72.5 Å². The fourth-order valence-corrected chi connectivity index (χ4v) is 5.89. The summed E-state index contributed by atoms with van der Waals surface area (Å²) in [6, 6.07) is 2.72. The Balaban J connectivity index is 1.41. The first kappa shape index (κ1) is 24.0. The number of hydrogen-bond acceptors (Lipinski definition) is 7. The number of anilines is 1. The lowest BCUT2D eigenvalue weighted by molar-refractivity contribution is 0.198. The fraction of sp³-hybridized carbons (Fsp3) is 0.692. The van der Waals surface area contributed by atoms with Crippen molar-refractivity contribution in [3.63, 3.8) is 0 Å². The maximum atomic E-state index is 6.23. The molecule has 4 aliphatic rings. The Kier molecular flexibility index (Phi) is 6.95. The highest BCUT2D eigenvalue weighted by atomic mass is 16.5. The normalized spacial score (nSPS) is 26.5. The number of ether oxygens (including phenoxy) is 1. The third kappa shape index (κ3) is 5.15. The Bertz CT molecular complexity index is 1010. The molecule has 9 nitrogen and oxygen atoms in total. The molecule has 0 amide bonds. The number of aliphatic imine (C=N–C) groups is 3. The zero-order chi connectivity index (χ0) is 24.5. The predicted octanol–water partition coefficient (Wildman–Crippen LogP) is 2.40. The minimum Gasteiger partial charge on any atom is -0.491 e. The smallest absolute Gasteiger partial charge is 0.152 e. The van der Waals surface area contributed by atoms with Gasteiger partial charge in [-0.2, -0.15) is 0 Å². The van der Waals surface area contributed by atoms with Crippen LogP contribution in [0.4, 0.5) is 5.82 Å². The van der Waals surface area contributed by atoms with Crippen LogP contribution in [0.3, 0.4) is 0 Å². The number of aromatic nitrogens is 1. The lowest BCUT2D eigenvalue weighted by Crippen LogP contribution is -2.42. The number of amidine groups is 3. The quantitative estimate of drug-likeness (QED) is 0.525. The van der Waals surface area contributed by atoms with Crippen LogP contribution in [0.2, 0.25) is 0 Å². The Morgan fingerprint density at radius 1 is 1.17 bits per heavy atom. The highest BCUT2D eigenvalue weighted by Crippen LogP contribution is 2.36. The van der Waals surface area contributed by atoms with Crippen LogP contribution in [0.5, 0.6) is 5.75 Å². The molecule has 9 heteroatoms. The molecule has 0 aromatic carbocycles. The summed E-state index contributed by atoms with van der Waals surface area (Å²) in [5.41, 5.74) is 6.86. The zero-order valence-corrected chi connectivity index (χ0v) is 21.7. The van der Waals surface area contributed by atoms with Crippen molar-refractivity contribution in [1.29, 1.82) is 0 Å². The van der Waals surface area contributed by atoms with E-state index in [0.29, 0.717) is 24.3 Å². The van der Waals surface area contributed by atoms with Crippen molar-refractivity contribution in [3.8, 4) is 5.75 Å². The average Bonchev–Trinajstić information content (AvgIpc) is 3.43. The van der Waals surface area contributed by atoms with Crippen LogP contribution >= 0.6 is 0 Å². The Morgan fingerprint density at radius 3 is 2.71 bits per heavy atom. The number of nitrogens with zero attached hydrogens (tertiary/aromatic N) is 7. The molecule has 0 spiro atoms. The second-order valence-corrected chi connectivity index (χ2v) is 10.7. The summed E-state index contributed by atoms with van der Waals surface area (Å²) in [7, 11) is 2.23. The van der Waals surface area contributed by atoms with Gasteiger partial charge in [-0.3, -0.25) is 9.98 Å². The molecule has 0 radical (unpaired) electrons. The molecule has 1 aromatic heterocycles. The fourth-order valence-electron chi connectivity index (χ4n) is 5.89. The lowest BCUT2D eigenvalue weighted by Gasteiger charge is -2.37. The number of likely N-dealkylation sites (tertiary alicyclic amines) is 1. The summed E-state index contributed by atoms with van der Waals surface area (Å²) < 4.78 is 6.23. The van der Waals surface area contributed by atoms with Gasteiger partial charge in [0.15, 0.2) is 5.84 Å². The number of piperidine rings is 1. The van der Waals surface area contributed by atoms with E-state index in [2.05, 4.69) is 32.8 Å². The van der Waals surface area contributed by atoms with Gasteiger partial charge < -0.3 is 25.2 Å². The number of hydrogen-bond donors (Lipinski definition) is 1. The van der Waals surface area contributed by atoms with Crippen LogP contribution in [0.1, 0.15) is 52.0 Å². The number of nitrogens with two attached hydrogens (primary N) is 1. The minimum absolute atomic E-state index is 0.131. The van der Waals surface area contributed by atoms with Gasteiger partial charge in [0.2, 0.25) is 0 Å². The van der Waals surface area contributed by atoms with Crippen LogP contribution in [0.25, 0.3) is 0 Å². The standard InChI is InChI=1S/C26H40N8O/c1-17(2)29-25(30-18(3)27)21-16-33-12-13-35-23-14-24(28-15-20(23)26(33)31-21)34-9-5-6-22(34)19-7-10-32(4)11-8-19/h14-15,17,19,21-22H,5-13,16H2,1-4H3,(H2,27,29,30). The van der Waals surface area contributed by atoms with Crippen molar-refractivity contribution < 1.29 is 4.74 Å². The van der Waals surface area contributed by atoms with Crippen LogP contribution < -0.4 is 15.4 Å². The van der Waals surface area contributed by atoms with E-state index in [1.54, 1.807) is 6.92 Å². The molecule has 0 saturated carbocycles. The second-order valence-electron chi connectivity index (χ2n) is 10.7. The molecule has 0 aliphatic carbocycles. The molecule has 2 N–H and O–H groups in total. The van der Waals surface area contributed by atoms with Crippen molar-refractivity contribution in [3.05, 3.63) is 17.8 Å². The summed E-state index contributed by atoms with van der Waals surface area (Å²) >= 11 is 0. The van der Waals surface area contributed by atoms with E-state index < -0.39 is 0 Å². The zero-order valence-electron chi connectivity index (χ0n) is 21.7. The summed E-state index contributed by atoms with van der Waals surface area (Å²) in [5, 5.41) is 0. The van der Waals surface area contributed by atoms with Gasteiger partial charge in [0.05, 0.1) is 17.9 Å². The molecule has 4 aliphatic heterocycles. The molecule has 1 aromatic rings. The molecule has 5 rings (SSSR count). The van der Waals surface area contributed by atoms with E-state index in [0.717, 1.165) is 48.5 Å². The topological polar surface area (TPSA) is 94.9 Å². The maximum absolute atomic E-state index is 6.23. The summed E-state index contributed by atoms with van der Waals surface area (Å²) in [4.78, 5) is 26.5. The first-order chi connectivity index (χ1) is 16.9. The first-order valence-electron chi connectivity index (χ1n) is 13.2. The van der Waals surface area contributed by atoms with E-state index >= 15 is 0 Å². The van der Waals surface area contributed by atoms with Gasteiger partial charge in [0.1, 0.15) is 30.1 Å². The molecule has 2 saturated heterocycles. The first-order valence-corrected chi connectivity index (χ1v) is 13.2. The third-order valence-corrected chi connectivity index (χ3v) is 7.56. The van der Waals surface area contributed by atoms with Gasteiger partial charge in [-0.1, -0.05) is 0 Å². The minimum atomic E-state index is -0.135. The summed E-state index contributed by atoms with van der Waals surface area (Å²) in [6.07, 6.45) is 7.01. The molecule has 2 fully saturated rings. The predicted molar refractivity (Wildman–Crippen MR) is 142 cm³/mol. The molecular weight excluding hydrogens is 440 g/mol. The van der Waals surface area contributed by atoms with Crippen molar-refractivity contribution in [2.75, 3.05) is 51.3 Å². The van der Waals surface area contributed by atoms with Crippen LogP contribution in [0.15, 0.2) is 27.2 Å². The average molecular weight is 481 g/mol. The van der Waals surface area contributed by atoms with Crippen molar-refractivity contribution in [2.45, 2.75) is 64.6 Å².